The first kappa shape index (κ1) is 11.3. The van der Waals surface area contributed by atoms with Gasteiger partial charge in [-0.3, -0.25) is 0 Å². The van der Waals surface area contributed by atoms with Crippen molar-refractivity contribution < 1.29 is 4.79 Å². The molecule has 2 aromatic rings. The van der Waals surface area contributed by atoms with E-state index < -0.39 is 0 Å². The average Bonchev–Trinajstić information content (AvgIpc) is 2.40. The van der Waals surface area contributed by atoms with Crippen LogP contribution in [0.4, 0.5) is 5.69 Å². The van der Waals surface area contributed by atoms with Crippen LogP contribution in [0.25, 0.3) is 11.1 Å². The smallest absolute Gasteiger partial charge is 0.211 e. The minimum absolute atomic E-state index is 0.686. The third-order valence-corrected chi connectivity index (χ3v) is 2.72. The fourth-order valence-electron chi connectivity index (χ4n) is 1.80. The fraction of sp³-hybridized carbons (Fsp3) is 0.133. The van der Waals surface area contributed by atoms with Crippen LogP contribution in [0, 0.1) is 0 Å². The quantitative estimate of drug-likeness (QED) is 0.573. The minimum Gasteiger partial charge on any atom is -0.211 e. The van der Waals surface area contributed by atoms with Crippen molar-refractivity contribution in [2.75, 3.05) is 0 Å². The Balaban J connectivity index is 2.57. The molecule has 0 radical (unpaired) electrons. The first-order valence-corrected chi connectivity index (χ1v) is 5.61. The summed E-state index contributed by atoms with van der Waals surface area (Å²) in [7, 11) is 0. The number of nitrogens with zero attached hydrogens (tertiary/aromatic N) is 1. The van der Waals surface area contributed by atoms with E-state index >= 15 is 0 Å². The van der Waals surface area contributed by atoms with Gasteiger partial charge in [0.25, 0.3) is 0 Å². The van der Waals surface area contributed by atoms with Gasteiger partial charge in [0.2, 0.25) is 6.08 Å². The lowest BCUT2D eigenvalue weighted by Gasteiger charge is -2.06. The van der Waals surface area contributed by atoms with Crippen LogP contribution in [-0.2, 0) is 11.2 Å². The van der Waals surface area contributed by atoms with E-state index in [2.05, 4.69) is 18.0 Å². The number of rotatable bonds is 3. The van der Waals surface area contributed by atoms with Crippen LogP contribution < -0.4 is 0 Å². The summed E-state index contributed by atoms with van der Waals surface area (Å²) >= 11 is 0. The molecule has 84 valence electrons. The van der Waals surface area contributed by atoms with Gasteiger partial charge in [-0.15, -0.1) is 0 Å². The van der Waals surface area contributed by atoms with E-state index in [1.807, 2.05) is 42.5 Å². The van der Waals surface area contributed by atoms with Crippen molar-refractivity contribution in [1.82, 2.24) is 0 Å². The zero-order chi connectivity index (χ0) is 12.1. The highest BCUT2D eigenvalue weighted by Gasteiger charge is 2.04. The lowest BCUT2D eigenvalue weighted by molar-refractivity contribution is 0.565. The summed E-state index contributed by atoms with van der Waals surface area (Å²) in [5.74, 6) is 0. The third kappa shape index (κ3) is 2.49. The molecule has 0 spiro atoms. The summed E-state index contributed by atoms with van der Waals surface area (Å²) in [6.45, 7) is 2.08. The molecule has 0 fully saturated rings. The van der Waals surface area contributed by atoms with E-state index in [9.17, 15) is 4.79 Å². The van der Waals surface area contributed by atoms with Gasteiger partial charge in [0, 0.05) is 5.56 Å². The van der Waals surface area contributed by atoms with E-state index in [0.29, 0.717) is 5.69 Å². The topological polar surface area (TPSA) is 29.4 Å². The molecule has 0 heterocycles. The number of aryl methyl sites for hydroxylation is 1. The van der Waals surface area contributed by atoms with Crippen LogP contribution >= 0.6 is 0 Å². The summed E-state index contributed by atoms with van der Waals surface area (Å²) in [6.07, 6.45) is 2.55. The highest BCUT2D eigenvalue weighted by Crippen LogP contribution is 2.30. The summed E-state index contributed by atoms with van der Waals surface area (Å²) in [5, 5.41) is 0. The Kier molecular flexibility index (Phi) is 3.49. The Morgan fingerprint density at radius 3 is 2.53 bits per heavy atom. The monoisotopic (exact) mass is 223 g/mol. The van der Waals surface area contributed by atoms with Crippen molar-refractivity contribution in [3.05, 3.63) is 54.1 Å². The van der Waals surface area contributed by atoms with Gasteiger partial charge in [-0.05, 0) is 23.6 Å². The zero-order valence-electron chi connectivity index (χ0n) is 9.68. The molecule has 2 heteroatoms. The maximum atomic E-state index is 10.5. The SMILES string of the molecule is CCc1ccc(-c2ccccc2)c(N=C=O)c1. The molecule has 0 saturated carbocycles. The van der Waals surface area contributed by atoms with Crippen molar-refractivity contribution in [2.45, 2.75) is 13.3 Å². The van der Waals surface area contributed by atoms with E-state index in [-0.39, 0.29) is 0 Å². The molecule has 2 nitrogen and oxygen atoms in total. The summed E-state index contributed by atoms with van der Waals surface area (Å²) in [6, 6.07) is 15.9. The van der Waals surface area contributed by atoms with Crippen LogP contribution in [0.2, 0.25) is 0 Å². The second-order valence-electron chi connectivity index (χ2n) is 3.77. The number of hydrogen-bond donors (Lipinski definition) is 0. The molecule has 17 heavy (non-hydrogen) atoms. The van der Waals surface area contributed by atoms with Crippen LogP contribution in [0.5, 0.6) is 0 Å². The predicted octanol–water partition coefficient (Wildman–Crippen LogP) is 3.88. The van der Waals surface area contributed by atoms with Crippen LogP contribution in [0.1, 0.15) is 12.5 Å². The lowest BCUT2D eigenvalue weighted by atomic mass is 10.0. The standard InChI is InChI=1S/C15H13NO/c1-2-12-8-9-14(15(10-12)16-11-17)13-6-4-3-5-7-13/h3-10H,2H2,1H3. The van der Waals surface area contributed by atoms with Crippen LogP contribution in [0.15, 0.2) is 53.5 Å². The van der Waals surface area contributed by atoms with Gasteiger partial charge in [0.1, 0.15) is 0 Å². The first-order chi connectivity index (χ1) is 8.35. The molecule has 0 unspecified atom stereocenters. The van der Waals surface area contributed by atoms with Crippen molar-refractivity contribution in [3.8, 4) is 11.1 Å². The van der Waals surface area contributed by atoms with Gasteiger partial charge in [0.15, 0.2) is 0 Å². The minimum atomic E-state index is 0.686. The number of benzene rings is 2. The van der Waals surface area contributed by atoms with Crippen molar-refractivity contribution in [1.29, 1.82) is 0 Å². The number of carbonyl (C=O) groups excluding carboxylic acids is 1. The Hall–Kier alpha value is -2.18. The number of isocyanates is 1. The Bertz CT molecular complexity index is 554. The maximum Gasteiger partial charge on any atom is 0.240 e. The summed E-state index contributed by atoms with van der Waals surface area (Å²) in [4.78, 5) is 14.3. The zero-order valence-corrected chi connectivity index (χ0v) is 9.68. The predicted molar refractivity (Wildman–Crippen MR) is 69.0 cm³/mol. The van der Waals surface area contributed by atoms with E-state index in [1.165, 1.54) is 5.56 Å². The van der Waals surface area contributed by atoms with Crippen molar-refractivity contribution in [2.24, 2.45) is 4.99 Å². The maximum absolute atomic E-state index is 10.5. The van der Waals surface area contributed by atoms with Crippen molar-refractivity contribution in [3.63, 3.8) is 0 Å². The average molecular weight is 223 g/mol. The van der Waals surface area contributed by atoms with Crippen LogP contribution in [-0.4, -0.2) is 6.08 Å². The summed E-state index contributed by atoms with van der Waals surface area (Å²) < 4.78 is 0. The van der Waals surface area contributed by atoms with Gasteiger partial charge in [-0.25, -0.2) is 4.79 Å². The molecule has 0 N–H and O–H groups in total. The largest absolute Gasteiger partial charge is 0.240 e. The molecule has 0 bridgehead atoms. The van der Waals surface area contributed by atoms with Gasteiger partial charge in [-0.2, -0.15) is 4.99 Å². The highest BCUT2D eigenvalue weighted by atomic mass is 16.1. The first-order valence-electron chi connectivity index (χ1n) is 5.61. The van der Waals surface area contributed by atoms with E-state index in [0.717, 1.165) is 17.5 Å². The fourth-order valence-corrected chi connectivity index (χ4v) is 1.80. The van der Waals surface area contributed by atoms with Crippen LogP contribution in [0.3, 0.4) is 0 Å². The Morgan fingerprint density at radius 2 is 1.88 bits per heavy atom. The van der Waals surface area contributed by atoms with E-state index in [4.69, 9.17) is 0 Å². The van der Waals surface area contributed by atoms with Gasteiger partial charge in [0.05, 0.1) is 5.69 Å². The van der Waals surface area contributed by atoms with Gasteiger partial charge < -0.3 is 0 Å². The molecule has 0 amide bonds. The Labute approximate surface area is 101 Å². The molecule has 0 aliphatic heterocycles. The van der Waals surface area contributed by atoms with Gasteiger partial charge in [-0.1, -0.05) is 49.4 Å². The second-order valence-corrected chi connectivity index (χ2v) is 3.77. The number of aliphatic imine (C=N–C) groups is 1. The molecule has 0 aromatic heterocycles. The molecule has 2 rings (SSSR count). The molecule has 0 aliphatic rings. The molecule has 0 aliphatic carbocycles. The molecule has 0 saturated heterocycles. The molecule has 2 aromatic carbocycles. The lowest BCUT2D eigenvalue weighted by Crippen LogP contribution is -1.83. The van der Waals surface area contributed by atoms with E-state index in [1.54, 1.807) is 6.08 Å². The molecular weight excluding hydrogens is 210 g/mol. The second kappa shape index (κ2) is 5.24. The van der Waals surface area contributed by atoms with Gasteiger partial charge >= 0.3 is 0 Å². The molecule has 0 atom stereocenters. The third-order valence-electron chi connectivity index (χ3n) is 2.72. The normalized spacial score (nSPS) is 9.71. The molecular formula is C15H13NO. The number of hydrogen-bond acceptors (Lipinski definition) is 2. The summed E-state index contributed by atoms with van der Waals surface area (Å²) in [5.41, 5.74) is 3.87. The van der Waals surface area contributed by atoms with Crippen molar-refractivity contribution >= 4 is 11.8 Å². The highest BCUT2D eigenvalue weighted by molar-refractivity contribution is 5.77. The Morgan fingerprint density at radius 1 is 1.12 bits per heavy atom.